The lowest BCUT2D eigenvalue weighted by Crippen LogP contribution is -2.37. The van der Waals surface area contributed by atoms with E-state index in [-0.39, 0.29) is 11.8 Å². The number of furan rings is 1. The van der Waals surface area contributed by atoms with Gasteiger partial charge in [-0.3, -0.25) is 9.69 Å². The van der Waals surface area contributed by atoms with E-state index in [0.29, 0.717) is 44.2 Å². The number of carbonyl (C=O) groups excluding carboxylic acids is 1. The van der Waals surface area contributed by atoms with Crippen molar-refractivity contribution in [2.75, 3.05) is 11.2 Å². The van der Waals surface area contributed by atoms with Crippen molar-refractivity contribution < 1.29 is 13.9 Å². The van der Waals surface area contributed by atoms with Gasteiger partial charge in [0.15, 0.2) is 11.5 Å². The smallest absolute Gasteiger partial charge is 0.261 e. The molecule has 9 heteroatoms. The van der Waals surface area contributed by atoms with Crippen LogP contribution in [0.3, 0.4) is 0 Å². The van der Waals surface area contributed by atoms with Gasteiger partial charge in [0.05, 0.1) is 5.69 Å². The van der Waals surface area contributed by atoms with Crippen LogP contribution in [0.2, 0.25) is 5.02 Å². The fourth-order valence-corrected chi connectivity index (χ4v) is 4.79. The zero-order chi connectivity index (χ0) is 26.2. The Hall–Kier alpha value is -4.14. The second-order valence-electron chi connectivity index (χ2n) is 8.65. The van der Waals surface area contributed by atoms with Crippen molar-refractivity contribution in [3.8, 4) is 28.5 Å². The summed E-state index contributed by atoms with van der Waals surface area (Å²) in [6, 6.07) is 25.9. The van der Waals surface area contributed by atoms with Crippen LogP contribution in [0, 0.1) is 6.92 Å². The number of aryl methyl sites for hydroxylation is 1. The maximum atomic E-state index is 14.1. The third-order valence-electron chi connectivity index (χ3n) is 6.26. The van der Waals surface area contributed by atoms with E-state index in [4.69, 9.17) is 20.8 Å². The molecule has 7 nitrogen and oxygen atoms in total. The molecule has 38 heavy (non-hydrogen) atoms. The van der Waals surface area contributed by atoms with Gasteiger partial charge in [0.1, 0.15) is 5.76 Å². The third-order valence-corrected chi connectivity index (χ3v) is 7.21. The molecule has 3 aromatic carbocycles. The van der Waals surface area contributed by atoms with Gasteiger partial charge < -0.3 is 9.15 Å². The van der Waals surface area contributed by atoms with Gasteiger partial charge in [-0.2, -0.15) is 4.98 Å². The fraction of sp³-hybridized carbons (Fsp3) is 0.103. The maximum Gasteiger partial charge on any atom is 0.261 e. The molecule has 1 aliphatic rings. The number of para-hydroxylation sites is 1. The molecule has 188 valence electrons. The number of hydrogen-bond donors (Lipinski definition) is 0. The highest BCUT2D eigenvalue weighted by Crippen LogP contribution is 2.44. The second kappa shape index (κ2) is 9.96. The highest BCUT2D eigenvalue weighted by molar-refractivity contribution is 7.98. The average Bonchev–Trinajstić information content (AvgIpc) is 3.39. The average molecular weight is 541 g/mol. The van der Waals surface area contributed by atoms with Crippen molar-refractivity contribution in [3.05, 3.63) is 107 Å². The molecule has 0 saturated carbocycles. The highest BCUT2D eigenvalue weighted by Gasteiger charge is 2.38. The van der Waals surface area contributed by atoms with E-state index in [1.807, 2.05) is 79.9 Å². The zero-order valence-corrected chi connectivity index (χ0v) is 22.0. The van der Waals surface area contributed by atoms with Gasteiger partial charge >= 0.3 is 0 Å². The summed E-state index contributed by atoms with van der Waals surface area (Å²) in [7, 11) is 0. The number of carbonyl (C=O) groups is 1. The predicted molar refractivity (Wildman–Crippen MR) is 148 cm³/mol. The summed E-state index contributed by atoms with van der Waals surface area (Å²) in [5, 5.41) is 9.73. The van der Waals surface area contributed by atoms with E-state index in [2.05, 4.69) is 15.2 Å². The normalized spacial score (nSPS) is 14.3. The van der Waals surface area contributed by atoms with Crippen molar-refractivity contribution in [1.29, 1.82) is 0 Å². The Balaban J connectivity index is 1.54. The lowest BCUT2D eigenvalue weighted by molar-refractivity contribution is 0.0886. The molecule has 0 fully saturated rings. The van der Waals surface area contributed by atoms with Gasteiger partial charge in [-0.15, -0.1) is 10.2 Å². The highest BCUT2D eigenvalue weighted by atomic mass is 35.5. The first-order chi connectivity index (χ1) is 18.5. The summed E-state index contributed by atoms with van der Waals surface area (Å²) in [6.45, 7) is 1.94. The molecule has 2 aromatic heterocycles. The quantitative estimate of drug-likeness (QED) is 0.222. The van der Waals surface area contributed by atoms with Gasteiger partial charge in [0.2, 0.25) is 17.3 Å². The summed E-state index contributed by atoms with van der Waals surface area (Å²) in [4.78, 5) is 20.2. The van der Waals surface area contributed by atoms with Crippen LogP contribution in [0.15, 0.2) is 94.5 Å². The molecular weight excluding hydrogens is 520 g/mol. The summed E-state index contributed by atoms with van der Waals surface area (Å²) < 4.78 is 12.8. The standard InChI is InChI=1S/C29H21ClN4O3S/c1-17-12-13-19(16-21(17)30)23-14-15-24(36-23)28-34(27(35)18-8-4-3-5-9-18)22-11-7-6-10-20(22)25-26(37-28)31-29(38-2)33-32-25/h3-16,28H,1-2H3/t28-/m1/s1. The Kier molecular flexibility index (Phi) is 6.35. The minimum absolute atomic E-state index is 0.259. The number of hydrogen-bond acceptors (Lipinski definition) is 7. The van der Waals surface area contributed by atoms with Crippen LogP contribution in [-0.2, 0) is 0 Å². The number of nitrogens with zero attached hydrogens (tertiary/aromatic N) is 4. The van der Waals surface area contributed by atoms with Gasteiger partial charge in [-0.05, 0) is 55.1 Å². The van der Waals surface area contributed by atoms with Gasteiger partial charge in [-0.1, -0.05) is 71.9 Å². The first-order valence-electron chi connectivity index (χ1n) is 11.8. The second-order valence-corrected chi connectivity index (χ2v) is 9.83. The predicted octanol–water partition coefficient (Wildman–Crippen LogP) is 7.22. The molecular formula is C29H21ClN4O3S. The van der Waals surface area contributed by atoms with Crippen LogP contribution in [0.5, 0.6) is 5.88 Å². The third kappa shape index (κ3) is 4.31. The molecule has 0 bridgehead atoms. The summed E-state index contributed by atoms with van der Waals surface area (Å²) >= 11 is 7.73. The Morgan fingerprint density at radius 2 is 1.76 bits per heavy atom. The van der Waals surface area contributed by atoms with Crippen molar-refractivity contribution in [3.63, 3.8) is 0 Å². The van der Waals surface area contributed by atoms with Crippen molar-refractivity contribution in [1.82, 2.24) is 15.2 Å². The van der Waals surface area contributed by atoms with Crippen molar-refractivity contribution >= 4 is 35.0 Å². The molecule has 0 spiro atoms. The topological polar surface area (TPSA) is 81.3 Å². The molecule has 5 aromatic rings. The molecule has 6 rings (SSSR count). The minimum Gasteiger partial charge on any atom is -0.455 e. The number of thioether (sulfide) groups is 1. The summed E-state index contributed by atoms with van der Waals surface area (Å²) in [6.07, 6.45) is 0.897. The molecule has 1 amide bonds. The molecule has 1 aliphatic heterocycles. The molecule has 0 saturated heterocycles. The SMILES string of the molecule is CSc1nnc2c(n1)O[C@H](c1ccc(-c3ccc(C)c(Cl)c3)o1)N(C(=O)c1ccccc1)c1ccccc1-2. The van der Waals surface area contributed by atoms with Crippen LogP contribution in [0.4, 0.5) is 5.69 Å². The lowest BCUT2D eigenvalue weighted by Gasteiger charge is -2.29. The largest absolute Gasteiger partial charge is 0.455 e. The first kappa shape index (κ1) is 24.2. The number of aromatic nitrogens is 3. The minimum atomic E-state index is -0.966. The van der Waals surface area contributed by atoms with Gasteiger partial charge in [0.25, 0.3) is 5.91 Å². The van der Waals surface area contributed by atoms with Crippen LogP contribution >= 0.6 is 23.4 Å². The zero-order valence-electron chi connectivity index (χ0n) is 20.5. The molecule has 3 heterocycles. The monoisotopic (exact) mass is 540 g/mol. The number of benzene rings is 3. The van der Waals surface area contributed by atoms with E-state index in [0.717, 1.165) is 11.1 Å². The Bertz CT molecular complexity index is 1660. The number of halogens is 1. The number of fused-ring (bicyclic) bond motifs is 3. The van der Waals surface area contributed by atoms with Gasteiger partial charge in [0, 0.05) is 21.7 Å². The van der Waals surface area contributed by atoms with Crippen LogP contribution in [0.1, 0.15) is 27.9 Å². The van der Waals surface area contributed by atoms with E-state index in [1.54, 1.807) is 23.1 Å². The summed E-state index contributed by atoms with van der Waals surface area (Å²) in [5.74, 6) is 1.03. The number of ether oxygens (including phenoxy) is 1. The number of anilines is 1. The first-order valence-corrected chi connectivity index (χ1v) is 13.4. The fourth-order valence-electron chi connectivity index (χ4n) is 4.31. The van der Waals surface area contributed by atoms with Gasteiger partial charge in [-0.25, -0.2) is 0 Å². The van der Waals surface area contributed by atoms with Crippen LogP contribution < -0.4 is 9.64 Å². The van der Waals surface area contributed by atoms with Crippen molar-refractivity contribution in [2.45, 2.75) is 18.3 Å². The molecule has 1 atom stereocenters. The number of amides is 1. The van der Waals surface area contributed by atoms with E-state index >= 15 is 0 Å². The lowest BCUT2D eigenvalue weighted by atomic mass is 10.1. The molecule has 0 unspecified atom stereocenters. The van der Waals surface area contributed by atoms with Crippen LogP contribution in [0.25, 0.3) is 22.6 Å². The van der Waals surface area contributed by atoms with Crippen LogP contribution in [-0.4, -0.2) is 27.3 Å². The number of rotatable bonds is 4. The molecule has 0 N–H and O–H groups in total. The van der Waals surface area contributed by atoms with Crippen molar-refractivity contribution in [2.24, 2.45) is 0 Å². The Labute approximate surface area is 228 Å². The van der Waals surface area contributed by atoms with E-state index in [1.165, 1.54) is 11.8 Å². The Morgan fingerprint density at radius 3 is 2.55 bits per heavy atom. The summed E-state index contributed by atoms with van der Waals surface area (Å²) in [5.41, 5.74) is 4.02. The molecule has 0 radical (unpaired) electrons. The maximum absolute atomic E-state index is 14.1. The Morgan fingerprint density at radius 1 is 0.974 bits per heavy atom. The van der Waals surface area contributed by atoms with E-state index in [9.17, 15) is 4.79 Å². The molecule has 0 aliphatic carbocycles. The van der Waals surface area contributed by atoms with E-state index < -0.39 is 6.23 Å².